The maximum Gasteiger partial charge on any atom is 0.289 e. The lowest BCUT2D eigenvalue weighted by Crippen LogP contribution is -2.48. The number of benzene rings is 1. The molecule has 1 unspecified atom stereocenters. The lowest BCUT2D eigenvalue weighted by Gasteiger charge is -2.38. The smallest absolute Gasteiger partial charge is 0.289 e. The highest BCUT2D eigenvalue weighted by Gasteiger charge is 2.38. The van der Waals surface area contributed by atoms with Gasteiger partial charge in [0.2, 0.25) is 0 Å². The van der Waals surface area contributed by atoms with Crippen LogP contribution in [0, 0.1) is 11.6 Å². The first-order valence-corrected chi connectivity index (χ1v) is 11.3. The fourth-order valence-corrected chi connectivity index (χ4v) is 4.85. The third kappa shape index (κ3) is 4.04. The summed E-state index contributed by atoms with van der Waals surface area (Å²) in [4.78, 5) is 21.6. The molecule has 1 aromatic carbocycles. The van der Waals surface area contributed by atoms with Crippen molar-refractivity contribution in [3.05, 3.63) is 52.6 Å². The highest BCUT2D eigenvalue weighted by molar-refractivity contribution is 5.91. The first kappa shape index (κ1) is 22.8. The standard InChI is InChI=1S/C23H31F2N5O2/c1-4-28(5-2)23(31)22-27-19-11-29(12-20(19)30(22)6-3)15-10-18(26)21(32-13-15)16-9-14(24)7-8-17(16)25/h7-9,15,18,21H,4-6,10-13,26H2,1-3H3/t15?,18-,21+/m0/s1. The van der Waals surface area contributed by atoms with Crippen LogP contribution in [0.1, 0.15) is 60.9 Å². The van der Waals surface area contributed by atoms with E-state index in [9.17, 15) is 13.6 Å². The molecule has 0 saturated carbocycles. The van der Waals surface area contributed by atoms with Gasteiger partial charge in [-0.1, -0.05) is 0 Å². The van der Waals surface area contributed by atoms with E-state index in [1.165, 1.54) is 0 Å². The van der Waals surface area contributed by atoms with Crippen molar-refractivity contribution in [2.75, 3.05) is 19.7 Å². The molecule has 0 radical (unpaired) electrons. The molecule has 0 bridgehead atoms. The molecule has 2 aliphatic rings. The van der Waals surface area contributed by atoms with Gasteiger partial charge in [-0.3, -0.25) is 9.69 Å². The highest BCUT2D eigenvalue weighted by atomic mass is 19.1. The fourth-order valence-electron chi connectivity index (χ4n) is 4.85. The van der Waals surface area contributed by atoms with Crippen molar-refractivity contribution in [3.63, 3.8) is 0 Å². The van der Waals surface area contributed by atoms with E-state index in [0.29, 0.717) is 51.6 Å². The van der Waals surface area contributed by atoms with E-state index in [0.717, 1.165) is 29.6 Å². The second kappa shape index (κ2) is 9.25. The molecular formula is C23H31F2N5O2. The Morgan fingerprint density at radius 1 is 1.25 bits per heavy atom. The summed E-state index contributed by atoms with van der Waals surface area (Å²) in [6, 6.07) is 2.95. The van der Waals surface area contributed by atoms with Crippen molar-refractivity contribution < 1.29 is 18.3 Å². The number of imidazole rings is 1. The highest BCUT2D eigenvalue weighted by Crippen LogP contribution is 2.34. The van der Waals surface area contributed by atoms with E-state index in [1.54, 1.807) is 4.90 Å². The van der Waals surface area contributed by atoms with Crippen LogP contribution in [0.3, 0.4) is 0 Å². The number of nitrogens with zero attached hydrogens (tertiary/aromatic N) is 4. The molecule has 0 aliphatic carbocycles. The quantitative estimate of drug-likeness (QED) is 0.737. The maximum atomic E-state index is 14.2. The normalized spacial score (nSPS) is 23.4. The summed E-state index contributed by atoms with van der Waals surface area (Å²) in [5.41, 5.74) is 8.47. The minimum atomic E-state index is -0.673. The second-order valence-electron chi connectivity index (χ2n) is 8.43. The van der Waals surface area contributed by atoms with Crippen LogP contribution in [0.15, 0.2) is 18.2 Å². The van der Waals surface area contributed by atoms with E-state index in [1.807, 2.05) is 25.3 Å². The van der Waals surface area contributed by atoms with Gasteiger partial charge in [-0.2, -0.15) is 0 Å². The molecule has 1 fully saturated rings. The van der Waals surface area contributed by atoms with Gasteiger partial charge in [-0.05, 0) is 45.4 Å². The first-order chi connectivity index (χ1) is 15.4. The number of halogens is 2. The Morgan fingerprint density at radius 3 is 2.66 bits per heavy atom. The van der Waals surface area contributed by atoms with Crippen molar-refractivity contribution in [3.8, 4) is 0 Å². The van der Waals surface area contributed by atoms with E-state index in [2.05, 4.69) is 4.90 Å². The van der Waals surface area contributed by atoms with E-state index < -0.39 is 23.8 Å². The lowest BCUT2D eigenvalue weighted by atomic mass is 9.93. The zero-order valence-corrected chi connectivity index (χ0v) is 18.9. The largest absolute Gasteiger partial charge is 0.370 e. The maximum absolute atomic E-state index is 14.2. The molecular weight excluding hydrogens is 416 g/mol. The summed E-state index contributed by atoms with van der Waals surface area (Å²) in [5.74, 6) is -0.558. The second-order valence-corrected chi connectivity index (χ2v) is 8.43. The van der Waals surface area contributed by atoms with Crippen LogP contribution in [-0.4, -0.2) is 57.0 Å². The number of nitrogens with two attached hydrogens (primary N) is 1. The van der Waals surface area contributed by atoms with Crippen molar-refractivity contribution in [1.82, 2.24) is 19.4 Å². The number of hydrogen-bond donors (Lipinski definition) is 1. The minimum Gasteiger partial charge on any atom is -0.370 e. The summed E-state index contributed by atoms with van der Waals surface area (Å²) in [6.07, 6.45) is -0.0739. The van der Waals surface area contributed by atoms with Crippen molar-refractivity contribution in [2.45, 2.75) is 65.0 Å². The fraction of sp³-hybridized carbons (Fsp3) is 0.565. The molecule has 2 aliphatic heterocycles. The molecule has 1 amide bonds. The van der Waals surface area contributed by atoms with Crippen LogP contribution in [0.5, 0.6) is 0 Å². The van der Waals surface area contributed by atoms with Crippen LogP contribution < -0.4 is 5.73 Å². The van der Waals surface area contributed by atoms with Crippen molar-refractivity contribution >= 4 is 5.91 Å². The minimum absolute atomic E-state index is 0.0409. The molecule has 0 spiro atoms. The van der Waals surface area contributed by atoms with Gasteiger partial charge >= 0.3 is 0 Å². The Bertz CT molecular complexity index is 991. The van der Waals surface area contributed by atoms with E-state index in [-0.39, 0.29) is 17.5 Å². The zero-order valence-electron chi connectivity index (χ0n) is 18.9. The van der Waals surface area contributed by atoms with Gasteiger partial charge in [0.15, 0.2) is 5.82 Å². The van der Waals surface area contributed by atoms with Gasteiger partial charge in [-0.15, -0.1) is 0 Å². The lowest BCUT2D eigenvalue weighted by molar-refractivity contribution is -0.0535. The number of amides is 1. The Kier molecular flexibility index (Phi) is 6.60. The Hall–Kier alpha value is -2.36. The molecule has 3 heterocycles. The Morgan fingerprint density at radius 2 is 2.00 bits per heavy atom. The number of carbonyl (C=O) groups is 1. The molecule has 9 heteroatoms. The Balaban J connectivity index is 1.46. The third-order valence-corrected chi connectivity index (χ3v) is 6.60. The predicted octanol–water partition coefficient (Wildman–Crippen LogP) is 2.84. The average Bonchev–Trinajstić information content (AvgIpc) is 3.34. The van der Waals surface area contributed by atoms with Gasteiger partial charge in [0.05, 0.1) is 18.0 Å². The van der Waals surface area contributed by atoms with Gasteiger partial charge < -0.3 is 19.9 Å². The molecule has 1 saturated heterocycles. The van der Waals surface area contributed by atoms with Crippen LogP contribution in [0.4, 0.5) is 8.78 Å². The van der Waals surface area contributed by atoms with Gasteiger partial charge in [0, 0.05) is 50.4 Å². The van der Waals surface area contributed by atoms with Crippen LogP contribution >= 0.6 is 0 Å². The summed E-state index contributed by atoms with van der Waals surface area (Å²) in [5, 5.41) is 0. The van der Waals surface area contributed by atoms with E-state index in [4.69, 9.17) is 15.5 Å². The van der Waals surface area contributed by atoms with Crippen LogP contribution in [-0.2, 0) is 24.4 Å². The number of aromatic nitrogens is 2. The number of carbonyl (C=O) groups excluding carboxylic acids is 1. The molecule has 3 atom stereocenters. The molecule has 2 aromatic rings. The molecule has 2 N–H and O–H groups in total. The molecule has 1 aromatic heterocycles. The van der Waals surface area contributed by atoms with Crippen LogP contribution in [0.25, 0.3) is 0 Å². The SMILES string of the molecule is CCN(CC)C(=O)c1nc2c(n1CC)CN(C1CO[C@H](c3cc(F)ccc3F)[C@@H](N)C1)C2. The van der Waals surface area contributed by atoms with E-state index >= 15 is 0 Å². The third-order valence-electron chi connectivity index (χ3n) is 6.60. The number of hydrogen-bond acceptors (Lipinski definition) is 5. The van der Waals surface area contributed by atoms with Gasteiger partial charge in [0.25, 0.3) is 5.91 Å². The summed E-state index contributed by atoms with van der Waals surface area (Å²) >= 11 is 0. The average molecular weight is 448 g/mol. The van der Waals surface area contributed by atoms with Crippen molar-refractivity contribution in [1.29, 1.82) is 0 Å². The van der Waals surface area contributed by atoms with Gasteiger partial charge in [0.1, 0.15) is 17.7 Å². The first-order valence-electron chi connectivity index (χ1n) is 11.3. The number of ether oxygens (including phenoxy) is 1. The van der Waals surface area contributed by atoms with Gasteiger partial charge in [-0.25, -0.2) is 13.8 Å². The summed E-state index contributed by atoms with van der Waals surface area (Å²) < 4.78 is 35.8. The topological polar surface area (TPSA) is 76.6 Å². The molecule has 174 valence electrons. The molecule has 4 rings (SSSR count). The number of fused-ring (bicyclic) bond motifs is 1. The predicted molar refractivity (Wildman–Crippen MR) is 116 cm³/mol. The summed E-state index contributed by atoms with van der Waals surface area (Å²) in [7, 11) is 0. The van der Waals surface area contributed by atoms with Crippen molar-refractivity contribution in [2.24, 2.45) is 5.73 Å². The monoisotopic (exact) mass is 447 g/mol. The molecule has 7 nitrogen and oxygen atoms in total. The Labute approximate surface area is 187 Å². The number of rotatable bonds is 6. The summed E-state index contributed by atoms with van der Waals surface area (Å²) in [6.45, 7) is 9.54. The van der Waals surface area contributed by atoms with Crippen LogP contribution in [0.2, 0.25) is 0 Å². The molecule has 32 heavy (non-hydrogen) atoms. The zero-order chi connectivity index (χ0) is 23.0.